The summed E-state index contributed by atoms with van der Waals surface area (Å²) in [6, 6.07) is 20.5. The molecule has 0 amide bonds. The second-order valence-corrected chi connectivity index (χ2v) is 8.44. The zero-order chi connectivity index (χ0) is 21.0. The van der Waals surface area contributed by atoms with Gasteiger partial charge >= 0.3 is 5.97 Å². The topological polar surface area (TPSA) is 58.6 Å². The lowest BCUT2D eigenvalue weighted by molar-refractivity contribution is -0.171. The molecule has 2 fully saturated rings. The number of esters is 1. The minimum absolute atomic E-state index is 0.0575. The van der Waals surface area contributed by atoms with E-state index in [-0.39, 0.29) is 23.7 Å². The fourth-order valence-electron chi connectivity index (χ4n) is 4.94. The van der Waals surface area contributed by atoms with E-state index in [2.05, 4.69) is 34.5 Å². The Morgan fingerprint density at radius 3 is 2.43 bits per heavy atom. The minimum atomic E-state index is -1.03. The van der Waals surface area contributed by atoms with Crippen molar-refractivity contribution in [3.05, 3.63) is 71.8 Å². The summed E-state index contributed by atoms with van der Waals surface area (Å²) < 4.78 is 5.38. The highest BCUT2D eigenvalue weighted by Gasteiger charge is 2.58. The second-order valence-electron chi connectivity index (χ2n) is 8.44. The van der Waals surface area contributed by atoms with Crippen molar-refractivity contribution in [3.8, 4) is 0 Å². The SMILES string of the molecule is CCOC(=O)[C@@]12CCC(NCc3ccccc3)[C@@H](CN(Cc3ccccc3)C1)C2=O. The molecule has 1 unspecified atom stereocenters. The fourth-order valence-corrected chi connectivity index (χ4v) is 4.94. The molecular formula is C25H30N2O3. The molecule has 1 saturated carbocycles. The highest BCUT2D eigenvalue weighted by Crippen LogP contribution is 2.43. The number of ether oxygens (including phenoxy) is 1. The number of ketones is 1. The number of nitrogens with one attached hydrogen (secondary N) is 1. The number of benzene rings is 2. The van der Waals surface area contributed by atoms with Gasteiger partial charge in [0.25, 0.3) is 0 Å². The predicted octanol–water partition coefficient (Wildman–Crippen LogP) is 3.19. The Labute approximate surface area is 178 Å². The maximum Gasteiger partial charge on any atom is 0.320 e. The Balaban J connectivity index is 1.54. The Kier molecular flexibility index (Phi) is 6.30. The molecule has 2 aliphatic rings. The van der Waals surface area contributed by atoms with Crippen molar-refractivity contribution in [3.63, 3.8) is 0 Å². The molecule has 2 aromatic rings. The number of carbonyl (C=O) groups is 2. The molecule has 5 nitrogen and oxygen atoms in total. The van der Waals surface area contributed by atoms with Crippen molar-refractivity contribution in [2.45, 2.75) is 38.9 Å². The molecule has 1 aliphatic carbocycles. The van der Waals surface area contributed by atoms with Gasteiger partial charge in [0.15, 0.2) is 5.78 Å². The maximum absolute atomic E-state index is 13.5. The van der Waals surface area contributed by atoms with Gasteiger partial charge in [-0.15, -0.1) is 0 Å². The maximum atomic E-state index is 13.5. The molecule has 158 valence electrons. The van der Waals surface area contributed by atoms with Gasteiger partial charge in [-0.2, -0.15) is 0 Å². The van der Waals surface area contributed by atoms with Crippen LogP contribution in [0.4, 0.5) is 0 Å². The van der Waals surface area contributed by atoms with E-state index in [1.54, 1.807) is 6.92 Å². The lowest BCUT2D eigenvalue weighted by Gasteiger charge is -2.49. The van der Waals surface area contributed by atoms with Crippen molar-refractivity contribution in [1.29, 1.82) is 0 Å². The van der Waals surface area contributed by atoms with Crippen LogP contribution in [0.1, 0.15) is 30.9 Å². The molecule has 4 rings (SSSR count). The van der Waals surface area contributed by atoms with Crippen LogP contribution in [0.3, 0.4) is 0 Å². The Hall–Kier alpha value is -2.50. The third-order valence-corrected chi connectivity index (χ3v) is 6.45. The molecular weight excluding hydrogens is 376 g/mol. The van der Waals surface area contributed by atoms with Crippen LogP contribution in [0.15, 0.2) is 60.7 Å². The van der Waals surface area contributed by atoms with Gasteiger partial charge in [0.1, 0.15) is 5.41 Å². The number of hydrogen-bond donors (Lipinski definition) is 1. The van der Waals surface area contributed by atoms with Gasteiger partial charge in [-0.25, -0.2) is 0 Å². The first-order chi connectivity index (χ1) is 14.6. The van der Waals surface area contributed by atoms with Crippen LogP contribution in [0, 0.1) is 11.3 Å². The van der Waals surface area contributed by atoms with E-state index < -0.39 is 5.41 Å². The van der Waals surface area contributed by atoms with Gasteiger partial charge in [0.2, 0.25) is 0 Å². The van der Waals surface area contributed by atoms with Crippen molar-refractivity contribution in [2.24, 2.45) is 11.3 Å². The van der Waals surface area contributed by atoms with Gasteiger partial charge in [-0.3, -0.25) is 14.5 Å². The Morgan fingerprint density at radius 2 is 1.77 bits per heavy atom. The summed E-state index contributed by atoms with van der Waals surface area (Å²) in [5.41, 5.74) is 1.36. The average Bonchev–Trinajstić information content (AvgIpc) is 2.76. The van der Waals surface area contributed by atoms with E-state index in [0.29, 0.717) is 26.1 Å². The lowest BCUT2D eigenvalue weighted by Crippen LogP contribution is -2.65. The molecule has 0 radical (unpaired) electrons. The van der Waals surface area contributed by atoms with Crippen LogP contribution in [-0.2, 0) is 27.4 Å². The molecule has 0 aromatic heterocycles. The summed E-state index contributed by atoms with van der Waals surface area (Å²) in [4.78, 5) is 28.7. The second kappa shape index (κ2) is 9.11. The molecule has 1 N–H and O–H groups in total. The van der Waals surface area contributed by atoms with Crippen LogP contribution < -0.4 is 5.32 Å². The number of fused-ring (bicyclic) bond motifs is 2. The smallest absolute Gasteiger partial charge is 0.320 e. The molecule has 5 heteroatoms. The molecule has 30 heavy (non-hydrogen) atoms. The van der Waals surface area contributed by atoms with Crippen LogP contribution in [0.25, 0.3) is 0 Å². The minimum Gasteiger partial charge on any atom is -0.465 e. The van der Waals surface area contributed by atoms with Gasteiger partial charge in [0, 0.05) is 38.1 Å². The molecule has 1 aliphatic heterocycles. The summed E-state index contributed by atoms with van der Waals surface area (Å²) in [7, 11) is 0. The van der Waals surface area contributed by atoms with Crippen molar-refractivity contribution < 1.29 is 14.3 Å². The van der Waals surface area contributed by atoms with Crippen LogP contribution in [-0.4, -0.2) is 42.4 Å². The highest BCUT2D eigenvalue weighted by atomic mass is 16.5. The number of piperidine rings is 1. The van der Waals surface area contributed by atoms with E-state index >= 15 is 0 Å². The predicted molar refractivity (Wildman–Crippen MR) is 116 cm³/mol. The third kappa shape index (κ3) is 4.18. The lowest BCUT2D eigenvalue weighted by atomic mass is 9.63. The first-order valence-corrected chi connectivity index (χ1v) is 10.9. The van der Waals surface area contributed by atoms with Crippen LogP contribution in [0.5, 0.6) is 0 Å². The monoisotopic (exact) mass is 406 g/mol. The first kappa shape index (κ1) is 20.8. The van der Waals surface area contributed by atoms with Gasteiger partial charge in [-0.05, 0) is 30.9 Å². The number of Topliss-reactive ketones (excluding diaryl/α,β-unsaturated/α-hetero) is 1. The third-order valence-electron chi connectivity index (χ3n) is 6.45. The molecule has 0 spiro atoms. The van der Waals surface area contributed by atoms with E-state index in [0.717, 1.165) is 19.5 Å². The number of carbonyl (C=O) groups excluding carboxylic acids is 2. The molecule has 3 atom stereocenters. The summed E-state index contributed by atoms with van der Waals surface area (Å²) in [5.74, 6) is -0.495. The van der Waals surface area contributed by atoms with E-state index in [9.17, 15) is 9.59 Å². The van der Waals surface area contributed by atoms with Crippen LogP contribution >= 0.6 is 0 Å². The van der Waals surface area contributed by atoms with Gasteiger partial charge in [-0.1, -0.05) is 60.7 Å². The van der Waals surface area contributed by atoms with Gasteiger partial charge < -0.3 is 10.1 Å². The summed E-state index contributed by atoms with van der Waals surface area (Å²) in [5, 5.41) is 3.60. The van der Waals surface area contributed by atoms with Crippen molar-refractivity contribution in [1.82, 2.24) is 10.2 Å². The Morgan fingerprint density at radius 1 is 1.10 bits per heavy atom. The van der Waals surface area contributed by atoms with E-state index in [1.165, 1.54) is 11.1 Å². The quantitative estimate of drug-likeness (QED) is 0.565. The standard InChI is InChI=1S/C25H30N2O3/c1-2-30-24(29)25-14-13-22(26-15-19-9-5-3-6-10-19)21(23(25)28)17-27(18-25)16-20-11-7-4-8-12-20/h3-12,21-22,26H,2,13-18H2,1H3/t21-,22?,25+/m1/s1. The number of hydrogen-bond acceptors (Lipinski definition) is 5. The van der Waals surface area contributed by atoms with Crippen molar-refractivity contribution >= 4 is 11.8 Å². The first-order valence-electron chi connectivity index (χ1n) is 10.9. The van der Waals surface area contributed by atoms with E-state index in [4.69, 9.17) is 4.74 Å². The number of rotatable bonds is 7. The normalized spacial score (nSPS) is 26.4. The molecule has 1 heterocycles. The summed E-state index contributed by atoms with van der Waals surface area (Å²) >= 11 is 0. The zero-order valence-corrected chi connectivity index (χ0v) is 17.5. The zero-order valence-electron chi connectivity index (χ0n) is 17.5. The molecule has 2 aromatic carbocycles. The Bertz CT molecular complexity index is 870. The number of likely N-dealkylation sites (tertiary alicyclic amines) is 1. The molecule has 2 bridgehead atoms. The van der Waals surface area contributed by atoms with Crippen molar-refractivity contribution in [2.75, 3.05) is 19.7 Å². The summed E-state index contributed by atoms with van der Waals surface area (Å²) in [6.45, 7) is 4.67. The number of nitrogens with zero attached hydrogens (tertiary/aromatic N) is 1. The van der Waals surface area contributed by atoms with Crippen LogP contribution in [0.2, 0.25) is 0 Å². The largest absolute Gasteiger partial charge is 0.465 e. The fraction of sp³-hybridized carbons (Fsp3) is 0.440. The van der Waals surface area contributed by atoms with Gasteiger partial charge in [0.05, 0.1) is 6.61 Å². The highest BCUT2D eigenvalue weighted by molar-refractivity contribution is 6.06. The summed E-state index contributed by atoms with van der Waals surface area (Å²) in [6.07, 6.45) is 1.35. The van der Waals surface area contributed by atoms with E-state index in [1.807, 2.05) is 36.4 Å². The molecule has 1 saturated heterocycles. The average molecular weight is 407 g/mol.